The van der Waals surface area contributed by atoms with E-state index in [1.807, 2.05) is 20.8 Å². The predicted octanol–water partition coefficient (Wildman–Crippen LogP) is 4.52. The normalized spacial score (nSPS) is 39.6. The highest BCUT2D eigenvalue weighted by Gasteiger charge is 2.77. The molecule has 0 heterocycles. The molecule has 41 heavy (non-hydrogen) atoms. The molecule has 3 saturated carbocycles. The van der Waals surface area contributed by atoms with Crippen LogP contribution < -0.4 is 0 Å². The Morgan fingerprint density at radius 2 is 1.66 bits per heavy atom. The molecule has 0 aliphatic heterocycles. The maximum absolute atomic E-state index is 14.3. The van der Waals surface area contributed by atoms with E-state index in [2.05, 4.69) is 6.58 Å². The van der Waals surface area contributed by atoms with Crippen LogP contribution in [0.3, 0.4) is 0 Å². The Hall–Kier alpha value is -3.13. The number of carbonyl (C=O) groups is 5. The molecular formula is C33H42O8. The second kappa shape index (κ2) is 10.3. The molecule has 2 unspecified atom stereocenters. The van der Waals surface area contributed by atoms with Crippen LogP contribution in [0, 0.1) is 39.9 Å². The fourth-order valence-electron chi connectivity index (χ4n) is 8.53. The molecule has 0 bridgehead atoms. The molecule has 3 fully saturated rings. The van der Waals surface area contributed by atoms with Gasteiger partial charge in [-0.15, -0.1) is 6.58 Å². The van der Waals surface area contributed by atoms with Gasteiger partial charge in [0.15, 0.2) is 11.4 Å². The van der Waals surface area contributed by atoms with Crippen molar-refractivity contribution in [2.75, 3.05) is 0 Å². The lowest BCUT2D eigenvalue weighted by Gasteiger charge is -2.68. The van der Waals surface area contributed by atoms with Crippen LogP contribution in [-0.4, -0.2) is 52.2 Å². The molecule has 0 radical (unpaired) electrons. The predicted molar refractivity (Wildman–Crippen MR) is 151 cm³/mol. The Morgan fingerprint density at radius 3 is 2.20 bits per heavy atom. The van der Waals surface area contributed by atoms with Crippen molar-refractivity contribution in [3.05, 3.63) is 48.6 Å². The number of aliphatic hydroxyl groups is 1. The molecule has 0 saturated heterocycles. The standard InChI is InChI=1S/C33H42O8/c1-9-31(7)17-23(36)26-32(8)24(16-25(40-20(4)35)33(26,39)29(31)38)30(5,6)19(3)22(15-18(2)34)27(32)41-28(37)21-13-11-10-12-14-21/h9-14,19,22,24-27,39H,1,15-17H2,2-8H3/t19-,22+,24?,25-,26?,27+,31+,32+,33+/m1/s1. The molecular weight excluding hydrogens is 524 g/mol. The number of esters is 2. The fourth-order valence-corrected chi connectivity index (χ4v) is 8.53. The molecule has 1 N–H and O–H groups in total. The lowest BCUT2D eigenvalue weighted by atomic mass is 9.37. The van der Waals surface area contributed by atoms with Crippen molar-refractivity contribution in [1.29, 1.82) is 0 Å². The van der Waals surface area contributed by atoms with Crippen LogP contribution >= 0.6 is 0 Å². The SMILES string of the molecule is C=C[C@@]1(C)CC(=O)C2[C@]3(C)C(C[C@@H](OC(C)=O)[C@@]2(O)C1=O)C(C)(C)[C@H](C)[C@H](CC(C)=O)[C@@H]3OC(=O)c1ccccc1. The van der Waals surface area contributed by atoms with Gasteiger partial charge in [-0.1, -0.05) is 52.0 Å². The Balaban J connectivity index is 1.99. The van der Waals surface area contributed by atoms with Gasteiger partial charge >= 0.3 is 11.9 Å². The van der Waals surface area contributed by atoms with Crippen LogP contribution in [0.4, 0.5) is 0 Å². The number of ketones is 3. The van der Waals surface area contributed by atoms with Crippen molar-refractivity contribution in [2.45, 2.75) is 85.5 Å². The fraction of sp³-hybridized carbons (Fsp3) is 0.606. The Kier molecular flexibility index (Phi) is 7.74. The van der Waals surface area contributed by atoms with Gasteiger partial charge in [0, 0.05) is 31.1 Å². The van der Waals surface area contributed by atoms with E-state index in [9.17, 15) is 29.1 Å². The third kappa shape index (κ3) is 4.59. The molecule has 0 spiro atoms. The summed E-state index contributed by atoms with van der Waals surface area (Å²) >= 11 is 0. The van der Waals surface area contributed by atoms with E-state index in [1.165, 1.54) is 19.9 Å². The van der Waals surface area contributed by atoms with Crippen molar-refractivity contribution in [3.63, 3.8) is 0 Å². The maximum Gasteiger partial charge on any atom is 0.338 e. The lowest BCUT2D eigenvalue weighted by molar-refractivity contribution is -0.273. The van der Waals surface area contributed by atoms with Crippen LogP contribution in [0.2, 0.25) is 0 Å². The number of Topliss-reactive ketones (excluding diaryl/α,β-unsaturated/α-hetero) is 3. The second-order valence-electron chi connectivity index (χ2n) is 13.5. The minimum Gasteiger partial charge on any atom is -0.459 e. The van der Waals surface area contributed by atoms with Gasteiger partial charge in [-0.3, -0.25) is 14.4 Å². The number of fused-ring (bicyclic) bond motifs is 3. The van der Waals surface area contributed by atoms with Gasteiger partial charge in [0.25, 0.3) is 0 Å². The quantitative estimate of drug-likeness (QED) is 0.394. The summed E-state index contributed by atoms with van der Waals surface area (Å²) in [5, 5.41) is 12.5. The topological polar surface area (TPSA) is 124 Å². The van der Waals surface area contributed by atoms with Gasteiger partial charge in [0.1, 0.15) is 23.8 Å². The van der Waals surface area contributed by atoms with Crippen LogP contribution in [-0.2, 0) is 28.7 Å². The maximum atomic E-state index is 14.3. The van der Waals surface area contributed by atoms with E-state index in [0.29, 0.717) is 5.56 Å². The number of ether oxygens (including phenoxy) is 2. The first-order valence-corrected chi connectivity index (χ1v) is 14.3. The summed E-state index contributed by atoms with van der Waals surface area (Å²) in [6, 6.07) is 8.44. The van der Waals surface area contributed by atoms with Crippen molar-refractivity contribution >= 4 is 29.3 Å². The summed E-state index contributed by atoms with van der Waals surface area (Å²) in [6.45, 7) is 15.8. The first kappa shape index (κ1) is 30.8. The highest BCUT2D eigenvalue weighted by Crippen LogP contribution is 2.68. The third-order valence-corrected chi connectivity index (χ3v) is 10.7. The smallest absolute Gasteiger partial charge is 0.338 e. The highest BCUT2D eigenvalue weighted by molar-refractivity contribution is 6.06. The number of rotatable bonds is 6. The second-order valence-corrected chi connectivity index (χ2v) is 13.5. The first-order valence-electron chi connectivity index (χ1n) is 14.3. The highest BCUT2D eigenvalue weighted by atomic mass is 16.6. The molecule has 0 amide bonds. The summed E-state index contributed by atoms with van der Waals surface area (Å²) in [5.41, 5.74) is -5.30. The van der Waals surface area contributed by atoms with Crippen LogP contribution in [0.15, 0.2) is 43.0 Å². The monoisotopic (exact) mass is 566 g/mol. The number of hydrogen-bond donors (Lipinski definition) is 1. The van der Waals surface area contributed by atoms with E-state index in [0.717, 1.165) is 0 Å². The minimum absolute atomic E-state index is 0.0683. The largest absolute Gasteiger partial charge is 0.459 e. The van der Waals surface area contributed by atoms with Crippen LogP contribution in [0.25, 0.3) is 0 Å². The van der Waals surface area contributed by atoms with Gasteiger partial charge in [-0.25, -0.2) is 4.79 Å². The summed E-state index contributed by atoms with van der Waals surface area (Å²) in [5.74, 6) is -4.90. The van der Waals surface area contributed by atoms with Gasteiger partial charge in [0.2, 0.25) is 0 Å². The molecule has 222 valence electrons. The van der Waals surface area contributed by atoms with Crippen LogP contribution in [0.1, 0.15) is 78.1 Å². The van der Waals surface area contributed by atoms with Crippen molar-refractivity contribution < 1.29 is 38.6 Å². The van der Waals surface area contributed by atoms with Crippen molar-refractivity contribution in [1.82, 2.24) is 0 Å². The van der Waals surface area contributed by atoms with Crippen molar-refractivity contribution in [2.24, 2.45) is 39.9 Å². The Bertz CT molecular complexity index is 1280. The zero-order chi connectivity index (χ0) is 30.7. The van der Waals surface area contributed by atoms with Gasteiger partial charge in [0.05, 0.1) is 16.9 Å². The lowest BCUT2D eigenvalue weighted by Crippen LogP contribution is -2.78. The summed E-state index contributed by atoms with van der Waals surface area (Å²) in [6.07, 6.45) is -0.973. The molecule has 4 rings (SSSR count). The Labute approximate surface area is 241 Å². The third-order valence-electron chi connectivity index (χ3n) is 10.7. The zero-order valence-electron chi connectivity index (χ0n) is 25.1. The molecule has 0 aromatic heterocycles. The van der Waals surface area contributed by atoms with Gasteiger partial charge < -0.3 is 19.4 Å². The number of allylic oxidation sites excluding steroid dienone is 1. The summed E-state index contributed by atoms with van der Waals surface area (Å²) < 4.78 is 12.0. The molecule has 1 aromatic rings. The van der Waals surface area contributed by atoms with E-state index < -0.39 is 75.3 Å². The molecule has 1 aromatic carbocycles. The van der Waals surface area contributed by atoms with E-state index in [4.69, 9.17) is 9.47 Å². The molecule has 9 atom stereocenters. The number of benzene rings is 1. The molecule has 8 heteroatoms. The average molecular weight is 567 g/mol. The molecule has 8 nitrogen and oxygen atoms in total. The molecule has 3 aliphatic rings. The van der Waals surface area contributed by atoms with Crippen molar-refractivity contribution in [3.8, 4) is 0 Å². The van der Waals surface area contributed by atoms with Gasteiger partial charge in [-0.05, 0) is 49.7 Å². The van der Waals surface area contributed by atoms with E-state index in [-0.39, 0.29) is 31.0 Å². The first-order chi connectivity index (χ1) is 19.0. The minimum atomic E-state index is -2.38. The number of carbonyl (C=O) groups excluding carboxylic acids is 5. The van der Waals surface area contributed by atoms with Gasteiger partial charge in [-0.2, -0.15) is 0 Å². The average Bonchev–Trinajstić information content (AvgIpc) is 2.89. The Morgan fingerprint density at radius 1 is 1.05 bits per heavy atom. The van der Waals surface area contributed by atoms with E-state index in [1.54, 1.807) is 44.2 Å². The number of hydrogen-bond acceptors (Lipinski definition) is 8. The molecule has 3 aliphatic carbocycles. The summed E-state index contributed by atoms with van der Waals surface area (Å²) in [4.78, 5) is 66.9. The van der Waals surface area contributed by atoms with Crippen LogP contribution in [0.5, 0.6) is 0 Å². The van der Waals surface area contributed by atoms with E-state index >= 15 is 0 Å². The summed E-state index contributed by atoms with van der Waals surface area (Å²) in [7, 11) is 0. The zero-order valence-corrected chi connectivity index (χ0v) is 25.1.